The first-order valence-corrected chi connectivity index (χ1v) is 13.5. The summed E-state index contributed by atoms with van der Waals surface area (Å²) in [5.74, 6) is 0.604. The zero-order valence-electron chi connectivity index (χ0n) is 19.9. The predicted octanol–water partition coefficient (Wildman–Crippen LogP) is 3.83. The van der Waals surface area contributed by atoms with E-state index in [1.165, 1.54) is 4.31 Å². The second-order valence-electron chi connectivity index (χ2n) is 9.15. The van der Waals surface area contributed by atoms with Gasteiger partial charge in [-0.3, -0.25) is 13.9 Å². The Morgan fingerprint density at radius 1 is 0.971 bits per heavy atom. The van der Waals surface area contributed by atoms with E-state index >= 15 is 0 Å². The molecule has 0 saturated carbocycles. The highest BCUT2D eigenvalue weighted by Crippen LogP contribution is 2.33. The molecule has 2 aliphatic rings. The number of benzene rings is 2. The third kappa shape index (κ3) is 4.97. The molecular weight excluding hydrogens is 450 g/mol. The fraction of sp³-hybridized carbons (Fsp3) is 0.462. The molecule has 182 valence electrons. The third-order valence-electron chi connectivity index (χ3n) is 6.86. The van der Waals surface area contributed by atoms with Crippen molar-refractivity contribution in [3.63, 3.8) is 0 Å². The van der Waals surface area contributed by atoms with Gasteiger partial charge in [0.25, 0.3) is 10.0 Å². The SMILES string of the molecule is CCN(c1ccccc1)S(=O)(=O)c1ccc2c(c1)CCN2C(=O)CCC(=O)N1CCC(C)CC1. The Hall–Kier alpha value is -2.87. The van der Waals surface area contributed by atoms with Crippen molar-refractivity contribution in [2.75, 3.05) is 35.4 Å². The topological polar surface area (TPSA) is 78.0 Å². The van der Waals surface area contributed by atoms with E-state index in [-0.39, 0.29) is 29.6 Å². The van der Waals surface area contributed by atoms with Crippen molar-refractivity contribution in [2.24, 2.45) is 5.92 Å². The lowest BCUT2D eigenvalue weighted by Crippen LogP contribution is -2.38. The van der Waals surface area contributed by atoms with Gasteiger partial charge in [-0.15, -0.1) is 0 Å². The van der Waals surface area contributed by atoms with Crippen molar-refractivity contribution in [2.45, 2.75) is 50.8 Å². The number of para-hydroxylation sites is 1. The van der Waals surface area contributed by atoms with Crippen molar-refractivity contribution < 1.29 is 18.0 Å². The van der Waals surface area contributed by atoms with E-state index in [2.05, 4.69) is 6.92 Å². The third-order valence-corrected chi connectivity index (χ3v) is 8.75. The molecule has 0 atom stereocenters. The number of nitrogens with zero attached hydrogens (tertiary/aromatic N) is 3. The molecule has 4 rings (SSSR count). The Balaban J connectivity index is 1.44. The van der Waals surface area contributed by atoms with Gasteiger partial charge in [0.15, 0.2) is 0 Å². The van der Waals surface area contributed by atoms with Crippen molar-refractivity contribution in [3.8, 4) is 0 Å². The molecule has 0 bridgehead atoms. The zero-order valence-corrected chi connectivity index (χ0v) is 20.8. The van der Waals surface area contributed by atoms with Crippen LogP contribution in [0.4, 0.5) is 11.4 Å². The van der Waals surface area contributed by atoms with Crippen molar-refractivity contribution in [1.82, 2.24) is 4.90 Å². The molecule has 8 heteroatoms. The molecule has 0 N–H and O–H groups in total. The Morgan fingerprint density at radius 2 is 1.65 bits per heavy atom. The summed E-state index contributed by atoms with van der Waals surface area (Å²) in [7, 11) is -3.72. The highest BCUT2D eigenvalue weighted by Gasteiger charge is 2.30. The van der Waals surface area contributed by atoms with E-state index < -0.39 is 10.0 Å². The van der Waals surface area contributed by atoms with E-state index in [4.69, 9.17) is 0 Å². The summed E-state index contributed by atoms with van der Waals surface area (Å²) in [5.41, 5.74) is 2.20. The number of carbonyl (C=O) groups excluding carboxylic acids is 2. The maximum atomic E-state index is 13.3. The summed E-state index contributed by atoms with van der Waals surface area (Å²) in [6.45, 7) is 6.38. The lowest BCUT2D eigenvalue weighted by molar-refractivity contribution is -0.134. The monoisotopic (exact) mass is 483 g/mol. The molecule has 0 radical (unpaired) electrons. The number of carbonyl (C=O) groups is 2. The number of likely N-dealkylation sites (tertiary alicyclic amines) is 1. The molecule has 0 aliphatic carbocycles. The maximum absolute atomic E-state index is 13.3. The molecule has 2 aromatic carbocycles. The van der Waals surface area contributed by atoms with Crippen LogP contribution in [0.25, 0.3) is 0 Å². The molecule has 2 aromatic rings. The second-order valence-corrected chi connectivity index (χ2v) is 11.0. The lowest BCUT2D eigenvalue weighted by atomic mass is 9.99. The largest absolute Gasteiger partial charge is 0.343 e. The maximum Gasteiger partial charge on any atom is 0.264 e. The normalized spacial score (nSPS) is 16.4. The van der Waals surface area contributed by atoms with Crippen LogP contribution in [0.15, 0.2) is 53.4 Å². The molecule has 7 nitrogen and oxygen atoms in total. The Bertz CT molecular complexity index is 1140. The molecule has 2 amide bonds. The first kappa shape index (κ1) is 24.3. The quantitative estimate of drug-likeness (QED) is 0.600. The summed E-state index contributed by atoms with van der Waals surface area (Å²) in [4.78, 5) is 29.2. The second kappa shape index (κ2) is 10.2. The smallest absolute Gasteiger partial charge is 0.264 e. The lowest BCUT2D eigenvalue weighted by Gasteiger charge is -2.30. The minimum atomic E-state index is -3.72. The van der Waals surface area contributed by atoms with Gasteiger partial charge < -0.3 is 9.80 Å². The minimum absolute atomic E-state index is 0.0432. The van der Waals surface area contributed by atoms with Crippen LogP contribution in [0.5, 0.6) is 0 Å². The van der Waals surface area contributed by atoms with E-state index in [1.807, 2.05) is 30.0 Å². The molecule has 2 aliphatic heterocycles. The van der Waals surface area contributed by atoms with E-state index in [1.54, 1.807) is 35.2 Å². The average molecular weight is 484 g/mol. The first-order chi connectivity index (χ1) is 16.3. The van der Waals surface area contributed by atoms with E-state index in [0.29, 0.717) is 31.1 Å². The number of sulfonamides is 1. The minimum Gasteiger partial charge on any atom is -0.343 e. The fourth-order valence-electron chi connectivity index (χ4n) is 4.78. The van der Waals surface area contributed by atoms with Crippen LogP contribution in [0.1, 0.15) is 45.1 Å². The van der Waals surface area contributed by atoms with Gasteiger partial charge in [-0.2, -0.15) is 0 Å². The summed E-state index contributed by atoms with van der Waals surface area (Å²) in [5, 5.41) is 0. The predicted molar refractivity (Wildman–Crippen MR) is 133 cm³/mol. The average Bonchev–Trinajstić information content (AvgIpc) is 3.27. The van der Waals surface area contributed by atoms with Gasteiger partial charge in [0, 0.05) is 44.7 Å². The van der Waals surface area contributed by atoms with Crippen LogP contribution in [-0.2, 0) is 26.0 Å². The van der Waals surface area contributed by atoms with Crippen LogP contribution in [0.2, 0.25) is 0 Å². The van der Waals surface area contributed by atoms with Crippen LogP contribution in [0.3, 0.4) is 0 Å². The number of fused-ring (bicyclic) bond motifs is 1. The molecule has 34 heavy (non-hydrogen) atoms. The number of amides is 2. The van der Waals surface area contributed by atoms with Crippen molar-refractivity contribution in [1.29, 1.82) is 0 Å². The number of piperidine rings is 1. The molecule has 0 spiro atoms. The first-order valence-electron chi connectivity index (χ1n) is 12.1. The van der Waals surface area contributed by atoms with Crippen LogP contribution in [0, 0.1) is 5.92 Å². The van der Waals surface area contributed by atoms with Gasteiger partial charge in [0.1, 0.15) is 0 Å². The van der Waals surface area contributed by atoms with Gasteiger partial charge >= 0.3 is 0 Å². The Kier molecular flexibility index (Phi) is 7.26. The summed E-state index contributed by atoms with van der Waals surface area (Å²) in [6, 6.07) is 14.0. The Labute approximate surface area is 202 Å². The molecule has 1 saturated heterocycles. The molecule has 1 fully saturated rings. The summed E-state index contributed by atoms with van der Waals surface area (Å²) >= 11 is 0. The fourth-order valence-corrected chi connectivity index (χ4v) is 6.30. The van der Waals surface area contributed by atoms with Gasteiger partial charge in [-0.1, -0.05) is 25.1 Å². The van der Waals surface area contributed by atoms with Crippen LogP contribution < -0.4 is 9.21 Å². The number of anilines is 2. The number of rotatable bonds is 7. The van der Waals surface area contributed by atoms with Crippen LogP contribution in [-0.4, -0.2) is 51.3 Å². The molecule has 0 aromatic heterocycles. The number of hydrogen-bond acceptors (Lipinski definition) is 4. The molecule has 0 unspecified atom stereocenters. The number of hydrogen-bond donors (Lipinski definition) is 0. The van der Waals surface area contributed by atoms with Crippen molar-refractivity contribution in [3.05, 3.63) is 54.1 Å². The summed E-state index contributed by atoms with van der Waals surface area (Å²) in [6.07, 6.45) is 3.02. The van der Waals surface area contributed by atoms with E-state index in [0.717, 1.165) is 37.2 Å². The van der Waals surface area contributed by atoms with Gasteiger partial charge in [0.05, 0.1) is 10.6 Å². The van der Waals surface area contributed by atoms with Gasteiger partial charge in [-0.25, -0.2) is 8.42 Å². The van der Waals surface area contributed by atoms with Crippen molar-refractivity contribution >= 4 is 33.2 Å². The Morgan fingerprint density at radius 3 is 2.32 bits per heavy atom. The van der Waals surface area contributed by atoms with E-state index in [9.17, 15) is 18.0 Å². The summed E-state index contributed by atoms with van der Waals surface area (Å²) < 4.78 is 28.0. The molecular formula is C26H33N3O4S. The highest BCUT2D eigenvalue weighted by molar-refractivity contribution is 7.92. The van der Waals surface area contributed by atoms with Gasteiger partial charge in [-0.05, 0) is 68.0 Å². The zero-order chi connectivity index (χ0) is 24.3. The molecule has 2 heterocycles. The van der Waals surface area contributed by atoms with Gasteiger partial charge in [0.2, 0.25) is 11.8 Å². The van der Waals surface area contributed by atoms with Crippen LogP contribution >= 0.6 is 0 Å². The highest BCUT2D eigenvalue weighted by atomic mass is 32.2. The standard InChI is InChI=1S/C26H33N3O4S/c1-3-29(22-7-5-4-6-8-22)34(32,33)23-9-10-24-21(19-23)15-18-28(24)26(31)12-11-25(30)27-16-13-20(2)14-17-27/h4-10,19-20H,3,11-18H2,1-2H3.